The molecule has 3 rings (SSSR count). The topological polar surface area (TPSA) is 88.2 Å². The van der Waals surface area contributed by atoms with Gasteiger partial charge in [0, 0.05) is 16.0 Å². The number of nitrogens with zero attached hydrogens (tertiary/aromatic N) is 1. The van der Waals surface area contributed by atoms with Crippen LogP contribution in [0.25, 0.3) is 22.2 Å². The fraction of sp³-hybridized carbons (Fsp3) is 0. The molecule has 4 N–H and O–H groups in total. The van der Waals surface area contributed by atoms with Crippen LogP contribution in [0, 0.1) is 5.82 Å². The maximum atomic E-state index is 14.0. The van der Waals surface area contributed by atoms with E-state index in [0.717, 1.165) is 0 Å². The largest absolute Gasteiger partial charge is 0.506 e. The van der Waals surface area contributed by atoms with E-state index < -0.39 is 11.7 Å². The number of para-hydroxylation sites is 1. The smallest absolute Gasteiger partial charge is 0.271 e. The Hall–Kier alpha value is -2.70. The van der Waals surface area contributed by atoms with E-state index in [2.05, 4.69) is 4.98 Å². The van der Waals surface area contributed by atoms with Gasteiger partial charge in [0.1, 0.15) is 22.6 Å². The minimum Gasteiger partial charge on any atom is -0.506 e. The second-order valence-electron chi connectivity index (χ2n) is 4.80. The van der Waals surface area contributed by atoms with E-state index in [9.17, 15) is 14.3 Å². The van der Waals surface area contributed by atoms with Gasteiger partial charge >= 0.3 is 0 Å². The van der Waals surface area contributed by atoms with Gasteiger partial charge in [0.25, 0.3) is 5.91 Å². The van der Waals surface area contributed by atoms with Crippen LogP contribution in [0.1, 0.15) is 10.4 Å². The van der Waals surface area contributed by atoms with Crippen LogP contribution >= 0.6 is 11.6 Å². The lowest BCUT2D eigenvalue weighted by molar-refractivity contribution is 0.0951. The Labute approximate surface area is 135 Å². The van der Waals surface area contributed by atoms with Crippen molar-refractivity contribution in [3.63, 3.8) is 0 Å². The lowest BCUT2D eigenvalue weighted by Gasteiger charge is -2.13. The molecule has 0 aliphatic rings. The number of benzene rings is 2. The zero-order valence-corrected chi connectivity index (χ0v) is 12.4. The number of aromatic hydroxyl groups is 1. The highest BCUT2D eigenvalue weighted by molar-refractivity contribution is 6.30. The quantitative estimate of drug-likeness (QED) is 0.382. The maximum absolute atomic E-state index is 14.0. The summed E-state index contributed by atoms with van der Waals surface area (Å²) in [4.78, 5) is 16.3. The first-order valence-electron chi connectivity index (χ1n) is 6.61. The van der Waals surface area contributed by atoms with Gasteiger partial charge in [-0.25, -0.2) is 15.2 Å². The van der Waals surface area contributed by atoms with Gasteiger partial charge in [0.05, 0.1) is 5.69 Å². The third kappa shape index (κ3) is 2.58. The molecule has 3 aromatic rings. The van der Waals surface area contributed by atoms with Crippen LogP contribution in [0.3, 0.4) is 0 Å². The highest BCUT2D eigenvalue weighted by atomic mass is 35.5. The summed E-state index contributed by atoms with van der Waals surface area (Å²) in [5, 5.41) is 11.0. The van der Waals surface area contributed by atoms with Crippen molar-refractivity contribution in [2.24, 2.45) is 5.84 Å². The summed E-state index contributed by atoms with van der Waals surface area (Å²) in [7, 11) is 0. The molecule has 0 unspecified atom stereocenters. The number of nitrogens with two attached hydrogens (primary N) is 1. The first-order valence-corrected chi connectivity index (χ1v) is 6.98. The van der Waals surface area contributed by atoms with Gasteiger partial charge in [0.15, 0.2) is 0 Å². The predicted octanol–water partition coefficient (Wildman–Crippen LogP) is 3.00. The first-order chi connectivity index (χ1) is 11.0. The number of pyridine rings is 1. The molecule has 0 saturated heterocycles. The van der Waals surface area contributed by atoms with Crippen molar-refractivity contribution in [2.45, 2.75) is 0 Å². The van der Waals surface area contributed by atoms with Gasteiger partial charge in [-0.1, -0.05) is 29.8 Å². The minimum absolute atomic E-state index is 0.0384. The molecule has 0 fully saturated rings. The molecular formula is C16H11ClFN3O2. The average Bonchev–Trinajstić information content (AvgIpc) is 2.55. The SMILES string of the molecule is NNC(=O)c1c(-c2ccc(Cl)cc2)nc2c(F)cccc2c1O. The van der Waals surface area contributed by atoms with Crippen molar-refractivity contribution in [2.75, 3.05) is 0 Å². The standard InChI is InChI=1S/C16H11ClFN3O2/c17-9-6-4-8(5-7-9)13-12(16(23)21-19)15(22)10-2-1-3-11(18)14(10)20-13/h1-7H,19H2,(H,20,22)(H,21,23). The monoisotopic (exact) mass is 331 g/mol. The second kappa shape index (κ2) is 5.83. The van der Waals surface area contributed by atoms with E-state index in [1.807, 2.05) is 5.43 Å². The molecule has 2 aromatic carbocycles. The summed E-state index contributed by atoms with van der Waals surface area (Å²) >= 11 is 5.85. The minimum atomic E-state index is -0.730. The number of amides is 1. The summed E-state index contributed by atoms with van der Waals surface area (Å²) < 4.78 is 14.0. The maximum Gasteiger partial charge on any atom is 0.271 e. The molecule has 1 amide bonds. The van der Waals surface area contributed by atoms with Crippen molar-refractivity contribution in [1.29, 1.82) is 0 Å². The Morgan fingerprint density at radius 2 is 1.91 bits per heavy atom. The Bertz CT molecular complexity index is 913. The number of nitrogen functional groups attached to an aromatic ring is 1. The summed E-state index contributed by atoms with van der Waals surface area (Å²) in [5.41, 5.74) is 2.40. The molecule has 116 valence electrons. The third-order valence-corrected chi connectivity index (χ3v) is 3.67. The lowest BCUT2D eigenvalue weighted by Crippen LogP contribution is -2.30. The molecule has 0 spiro atoms. The van der Waals surface area contributed by atoms with Crippen molar-refractivity contribution < 1.29 is 14.3 Å². The van der Waals surface area contributed by atoms with E-state index in [0.29, 0.717) is 10.6 Å². The molecule has 1 heterocycles. The number of hydrazine groups is 1. The number of halogens is 2. The molecule has 0 radical (unpaired) electrons. The molecule has 0 aliphatic heterocycles. The summed E-state index contributed by atoms with van der Waals surface area (Å²) in [5.74, 6) is 3.46. The summed E-state index contributed by atoms with van der Waals surface area (Å²) in [6.45, 7) is 0. The lowest BCUT2D eigenvalue weighted by atomic mass is 10.0. The number of nitrogens with one attached hydrogen (secondary N) is 1. The molecule has 0 saturated carbocycles. The number of rotatable bonds is 2. The number of hydrogen-bond acceptors (Lipinski definition) is 4. The Morgan fingerprint density at radius 3 is 2.57 bits per heavy atom. The van der Waals surface area contributed by atoms with E-state index in [1.54, 1.807) is 24.3 Å². The normalized spacial score (nSPS) is 10.7. The van der Waals surface area contributed by atoms with Crippen LogP contribution in [0.4, 0.5) is 4.39 Å². The zero-order valence-electron chi connectivity index (χ0n) is 11.7. The predicted molar refractivity (Wildman–Crippen MR) is 85.5 cm³/mol. The zero-order chi connectivity index (χ0) is 16.6. The van der Waals surface area contributed by atoms with Crippen LogP contribution in [-0.2, 0) is 0 Å². The molecule has 0 bridgehead atoms. The Kier molecular flexibility index (Phi) is 3.85. The van der Waals surface area contributed by atoms with Crippen LogP contribution < -0.4 is 11.3 Å². The van der Waals surface area contributed by atoms with E-state index in [-0.39, 0.29) is 27.9 Å². The van der Waals surface area contributed by atoms with Crippen LogP contribution in [0.15, 0.2) is 42.5 Å². The summed E-state index contributed by atoms with van der Waals surface area (Å²) in [6, 6.07) is 10.6. The second-order valence-corrected chi connectivity index (χ2v) is 5.24. The van der Waals surface area contributed by atoms with Crippen molar-refractivity contribution in [1.82, 2.24) is 10.4 Å². The average molecular weight is 332 g/mol. The molecule has 1 aromatic heterocycles. The van der Waals surface area contributed by atoms with E-state index in [1.165, 1.54) is 18.2 Å². The molecule has 0 atom stereocenters. The number of carbonyl (C=O) groups excluding carboxylic acids is 1. The highest BCUT2D eigenvalue weighted by Gasteiger charge is 2.22. The fourth-order valence-corrected chi connectivity index (χ4v) is 2.46. The Morgan fingerprint density at radius 1 is 1.22 bits per heavy atom. The van der Waals surface area contributed by atoms with Crippen LogP contribution in [0.5, 0.6) is 5.75 Å². The number of carbonyl (C=O) groups is 1. The molecule has 5 nitrogen and oxygen atoms in total. The Balaban J connectivity index is 2.40. The van der Waals surface area contributed by atoms with Gasteiger partial charge in [-0.15, -0.1) is 0 Å². The van der Waals surface area contributed by atoms with Gasteiger partial charge in [-0.2, -0.15) is 0 Å². The van der Waals surface area contributed by atoms with E-state index >= 15 is 0 Å². The van der Waals surface area contributed by atoms with Crippen molar-refractivity contribution in [3.8, 4) is 17.0 Å². The van der Waals surface area contributed by atoms with Gasteiger partial charge in [-0.3, -0.25) is 10.2 Å². The number of hydrogen-bond donors (Lipinski definition) is 3. The number of fused-ring (bicyclic) bond motifs is 1. The highest BCUT2D eigenvalue weighted by Crippen LogP contribution is 2.35. The number of aromatic nitrogens is 1. The van der Waals surface area contributed by atoms with Crippen molar-refractivity contribution >= 4 is 28.4 Å². The molecule has 7 heteroatoms. The van der Waals surface area contributed by atoms with Gasteiger partial charge < -0.3 is 5.11 Å². The first kappa shape index (κ1) is 15.2. The van der Waals surface area contributed by atoms with Gasteiger partial charge in [0.2, 0.25) is 0 Å². The third-order valence-electron chi connectivity index (χ3n) is 3.41. The molecule has 23 heavy (non-hydrogen) atoms. The summed E-state index contributed by atoms with van der Waals surface area (Å²) in [6.07, 6.45) is 0. The van der Waals surface area contributed by atoms with Crippen LogP contribution in [0.2, 0.25) is 5.02 Å². The molecular weight excluding hydrogens is 321 g/mol. The van der Waals surface area contributed by atoms with Crippen molar-refractivity contribution in [3.05, 3.63) is 58.9 Å². The fourth-order valence-electron chi connectivity index (χ4n) is 2.34. The van der Waals surface area contributed by atoms with Crippen LogP contribution in [-0.4, -0.2) is 16.0 Å². The van der Waals surface area contributed by atoms with Gasteiger partial charge in [-0.05, 0) is 24.3 Å². The molecule has 0 aliphatic carbocycles. The van der Waals surface area contributed by atoms with E-state index in [4.69, 9.17) is 17.4 Å².